The average molecular weight is 444 g/mol. The van der Waals surface area contributed by atoms with Gasteiger partial charge in [0.15, 0.2) is 15.6 Å². The summed E-state index contributed by atoms with van der Waals surface area (Å²) < 4.78 is 29.4. The number of anilines is 1. The third-order valence-electron chi connectivity index (χ3n) is 4.46. The summed E-state index contributed by atoms with van der Waals surface area (Å²) in [6.45, 7) is 3.11. The van der Waals surface area contributed by atoms with Crippen molar-refractivity contribution in [2.45, 2.75) is 30.8 Å². The van der Waals surface area contributed by atoms with Gasteiger partial charge in [-0.25, -0.2) is 8.42 Å². The number of phenols is 1. The monoisotopic (exact) mass is 443 g/mol. The van der Waals surface area contributed by atoms with Crippen molar-refractivity contribution in [1.29, 1.82) is 0 Å². The van der Waals surface area contributed by atoms with Crippen molar-refractivity contribution in [3.05, 3.63) is 52.0 Å². The molecule has 9 heteroatoms. The first-order valence-corrected chi connectivity index (χ1v) is 11.0. The molecular formula is C19H19Cl2NO5S. The second-order valence-corrected chi connectivity index (χ2v) is 9.30. The van der Waals surface area contributed by atoms with Crippen LogP contribution in [0.5, 0.6) is 5.75 Å². The predicted molar refractivity (Wildman–Crippen MR) is 108 cm³/mol. The Morgan fingerprint density at radius 1 is 1.21 bits per heavy atom. The fraction of sp³-hybridized carbons (Fsp3) is 0.316. The molecule has 4 rings (SSSR count). The molecule has 0 spiro atoms. The van der Waals surface area contributed by atoms with Crippen LogP contribution in [-0.4, -0.2) is 38.0 Å². The maximum atomic E-state index is 12.6. The van der Waals surface area contributed by atoms with Crippen molar-refractivity contribution in [2.24, 2.45) is 0 Å². The van der Waals surface area contributed by atoms with Crippen molar-refractivity contribution in [2.75, 3.05) is 17.4 Å². The van der Waals surface area contributed by atoms with Crippen LogP contribution in [0.15, 0.2) is 41.3 Å². The molecule has 28 heavy (non-hydrogen) atoms. The molecule has 2 aromatic rings. The van der Waals surface area contributed by atoms with Gasteiger partial charge in [-0.1, -0.05) is 35.3 Å². The van der Waals surface area contributed by atoms with Gasteiger partial charge in [0.2, 0.25) is 0 Å². The van der Waals surface area contributed by atoms with E-state index in [1.807, 2.05) is 0 Å². The number of nitrogens with zero attached hydrogens (tertiary/aromatic N) is 1. The van der Waals surface area contributed by atoms with E-state index >= 15 is 0 Å². The van der Waals surface area contributed by atoms with Crippen LogP contribution >= 0.6 is 23.2 Å². The number of fused-ring (bicyclic) bond motifs is 1. The number of hydrogen-bond acceptors (Lipinski definition) is 5. The highest BCUT2D eigenvalue weighted by atomic mass is 35.5. The Bertz CT molecular complexity index is 980. The summed E-state index contributed by atoms with van der Waals surface area (Å²) in [6.07, 6.45) is 3.08. The van der Waals surface area contributed by atoms with Gasteiger partial charge in [-0.05, 0) is 44.0 Å². The minimum atomic E-state index is -3.55. The second kappa shape index (κ2) is 8.29. The van der Waals surface area contributed by atoms with Gasteiger partial charge in [-0.2, -0.15) is 0 Å². The average Bonchev–Trinajstić information content (AvgIpc) is 3.24. The number of amides is 1. The summed E-state index contributed by atoms with van der Waals surface area (Å²) >= 11 is 11.6. The Hall–Kier alpha value is -1.80. The van der Waals surface area contributed by atoms with E-state index in [4.69, 9.17) is 27.9 Å². The fourth-order valence-corrected chi connectivity index (χ4v) is 5.01. The quantitative estimate of drug-likeness (QED) is 0.710. The molecule has 0 saturated carbocycles. The molecule has 1 saturated heterocycles. The zero-order chi connectivity index (χ0) is 20.5. The van der Waals surface area contributed by atoms with Crippen molar-refractivity contribution < 1.29 is 23.1 Å². The molecule has 0 bridgehead atoms. The minimum Gasteiger partial charge on any atom is -0.505 e. The summed E-state index contributed by atoms with van der Waals surface area (Å²) in [5.41, 5.74) is 0.410. The number of aromatic hydroxyl groups is 1. The van der Waals surface area contributed by atoms with Crippen molar-refractivity contribution >= 4 is 44.6 Å². The van der Waals surface area contributed by atoms with Crippen LogP contribution in [0.3, 0.4) is 0 Å². The lowest BCUT2D eigenvalue weighted by atomic mass is 10.1. The molecule has 0 radical (unpaired) electrons. The van der Waals surface area contributed by atoms with Crippen molar-refractivity contribution in [1.82, 2.24) is 0 Å². The summed E-state index contributed by atoms with van der Waals surface area (Å²) in [6, 6.07) is 8.75. The Morgan fingerprint density at radius 2 is 1.86 bits per heavy atom. The van der Waals surface area contributed by atoms with E-state index in [-0.39, 0.29) is 26.3 Å². The lowest BCUT2D eigenvalue weighted by Crippen LogP contribution is -2.30. The van der Waals surface area contributed by atoms with E-state index in [9.17, 15) is 18.3 Å². The Labute approximate surface area is 173 Å². The number of phenolic OH excluding ortho intramolecular Hbond substituents is 1. The first kappa shape index (κ1) is 20.9. The Balaban J connectivity index is 0.000000320. The van der Waals surface area contributed by atoms with Gasteiger partial charge in [0, 0.05) is 12.2 Å². The molecule has 6 nitrogen and oxygen atoms in total. The molecule has 1 N–H and O–H groups in total. The number of ether oxygens (including phenoxy) is 1. The predicted octanol–water partition coefficient (Wildman–Crippen LogP) is 4.28. The van der Waals surface area contributed by atoms with Crippen LogP contribution in [-0.2, 0) is 14.6 Å². The van der Waals surface area contributed by atoms with Crippen molar-refractivity contribution in [3.8, 4) is 5.75 Å². The summed E-state index contributed by atoms with van der Waals surface area (Å²) in [4.78, 5) is 13.8. The largest absolute Gasteiger partial charge is 0.505 e. The number of hydrogen-bond donors (Lipinski definition) is 1. The maximum Gasteiger partial charge on any atom is 0.259 e. The number of rotatable bonds is 1. The van der Waals surface area contributed by atoms with Crippen LogP contribution in [0.1, 0.15) is 30.1 Å². The van der Waals surface area contributed by atoms with E-state index in [1.165, 1.54) is 31.0 Å². The van der Waals surface area contributed by atoms with Gasteiger partial charge in [-0.3, -0.25) is 9.69 Å². The van der Waals surface area contributed by atoms with Gasteiger partial charge in [0.25, 0.3) is 5.91 Å². The number of para-hydroxylation sites is 1. The summed E-state index contributed by atoms with van der Waals surface area (Å²) in [5.74, 6) is -1.33. The van der Waals surface area contributed by atoms with E-state index in [0.29, 0.717) is 11.8 Å². The molecular weight excluding hydrogens is 425 g/mol. The number of halogens is 2. The highest BCUT2D eigenvalue weighted by molar-refractivity contribution is 7.92. The van der Waals surface area contributed by atoms with E-state index in [2.05, 4.69) is 6.92 Å². The lowest BCUT2D eigenvalue weighted by Gasteiger charge is -2.16. The SMILES string of the molecule is CC1CCCO1.O=C(c1cc(Cl)c(O)c(Cl)c1)N1CS(=O)(=O)c2ccccc21. The zero-order valence-corrected chi connectivity index (χ0v) is 17.4. The highest BCUT2D eigenvalue weighted by Crippen LogP contribution is 2.37. The molecule has 2 heterocycles. The molecule has 1 atom stereocenters. The fourth-order valence-electron chi connectivity index (χ4n) is 3.00. The van der Waals surface area contributed by atoms with Crippen molar-refractivity contribution in [3.63, 3.8) is 0 Å². The third-order valence-corrected chi connectivity index (χ3v) is 6.65. The summed E-state index contributed by atoms with van der Waals surface area (Å²) in [7, 11) is -3.55. The summed E-state index contributed by atoms with van der Waals surface area (Å²) in [5, 5.41) is 9.38. The number of sulfone groups is 1. The van der Waals surface area contributed by atoms with E-state index in [1.54, 1.807) is 18.2 Å². The third kappa shape index (κ3) is 4.27. The van der Waals surface area contributed by atoms with Crippen LogP contribution in [0.4, 0.5) is 5.69 Å². The first-order valence-electron chi connectivity index (χ1n) is 8.64. The van der Waals surface area contributed by atoms with Crippen LogP contribution in [0.2, 0.25) is 10.0 Å². The van der Waals surface area contributed by atoms with Crippen LogP contribution in [0.25, 0.3) is 0 Å². The smallest absolute Gasteiger partial charge is 0.259 e. The molecule has 1 fully saturated rings. The molecule has 1 unspecified atom stereocenters. The van der Waals surface area contributed by atoms with Gasteiger partial charge in [0.1, 0.15) is 5.88 Å². The Kier molecular flexibility index (Phi) is 6.19. The maximum absolute atomic E-state index is 12.6. The first-order chi connectivity index (χ1) is 13.2. The number of carbonyl (C=O) groups excluding carboxylic acids is 1. The molecule has 2 aliphatic rings. The van der Waals surface area contributed by atoms with Gasteiger partial charge >= 0.3 is 0 Å². The molecule has 2 aliphatic heterocycles. The normalized spacial score (nSPS) is 19.7. The van der Waals surface area contributed by atoms with E-state index in [0.717, 1.165) is 11.5 Å². The second-order valence-electron chi connectivity index (χ2n) is 6.56. The number of benzene rings is 2. The van der Waals surface area contributed by atoms with Gasteiger partial charge < -0.3 is 9.84 Å². The topological polar surface area (TPSA) is 83.9 Å². The molecule has 1 amide bonds. The Morgan fingerprint density at radius 3 is 2.39 bits per heavy atom. The number of carbonyl (C=O) groups is 1. The van der Waals surface area contributed by atoms with Gasteiger partial charge in [0.05, 0.1) is 26.7 Å². The molecule has 0 aromatic heterocycles. The van der Waals surface area contributed by atoms with Gasteiger partial charge in [-0.15, -0.1) is 0 Å². The van der Waals surface area contributed by atoms with Crippen LogP contribution < -0.4 is 4.90 Å². The minimum absolute atomic E-state index is 0.0776. The molecule has 150 valence electrons. The van der Waals surface area contributed by atoms with E-state index < -0.39 is 21.6 Å². The lowest BCUT2D eigenvalue weighted by molar-refractivity contribution is 0.0991. The zero-order valence-electron chi connectivity index (χ0n) is 15.1. The molecule has 0 aliphatic carbocycles. The molecule has 2 aromatic carbocycles. The highest BCUT2D eigenvalue weighted by Gasteiger charge is 2.36. The van der Waals surface area contributed by atoms with Crippen LogP contribution in [0, 0.1) is 0 Å². The standard InChI is InChI=1S/C14H9Cl2NO4S.C5H10O/c15-9-5-8(6-10(16)13(9)18)14(19)17-7-22(20,21)12-4-2-1-3-11(12)17;1-5-3-2-4-6-5/h1-6,18H,7H2;5H,2-4H2,1H3.